The summed E-state index contributed by atoms with van der Waals surface area (Å²) < 4.78 is 25.4. The van der Waals surface area contributed by atoms with Gasteiger partial charge in [-0.1, -0.05) is 40.2 Å². The van der Waals surface area contributed by atoms with Crippen molar-refractivity contribution in [1.82, 2.24) is 0 Å². The topological polar surface area (TPSA) is 71.3 Å². The number of rotatable bonds is 8. The number of hydrogen-bond donors (Lipinski definition) is 1. The fraction of sp³-hybridized carbons (Fsp3) is 0.185. The lowest BCUT2D eigenvalue weighted by Gasteiger charge is -2.14. The minimum absolute atomic E-state index is 0.0518. The first kappa shape index (κ1) is 25.0. The van der Waals surface area contributed by atoms with Crippen LogP contribution in [0.2, 0.25) is 0 Å². The van der Waals surface area contributed by atoms with Crippen LogP contribution in [0.3, 0.4) is 0 Å². The number of carbonyl (C=O) groups is 1. The molecule has 1 N–H and O–H groups in total. The van der Waals surface area contributed by atoms with Crippen molar-refractivity contribution < 1.29 is 18.7 Å². The largest absolute Gasteiger partial charge is 0.490 e. The quantitative estimate of drug-likeness (QED) is 0.263. The zero-order valence-electron chi connectivity index (χ0n) is 19.1. The average Bonchev–Trinajstić information content (AvgIpc) is 2.81. The number of hydrogen-bond acceptors (Lipinski definition) is 4. The Balaban J connectivity index is 1.86. The smallest absolute Gasteiger partial charge is 0.266 e. The Morgan fingerprint density at radius 1 is 1.09 bits per heavy atom. The summed E-state index contributed by atoms with van der Waals surface area (Å²) in [6.45, 7) is 6.29. The highest BCUT2D eigenvalue weighted by atomic mass is 79.9. The third-order valence-electron chi connectivity index (χ3n) is 4.98. The molecule has 0 saturated carbocycles. The Kier molecular flexibility index (Phi) is 8.44. The molecule has 3 aromatic rings. The third kappa shape index (κ3) is 6.46. The number of benzene rings is 3. The van der Waals surface area contributed by atoms with E-state index in [0.29, 0.717) is 33.8 Å². The van der Waals surface area contributed by atoms with Gasteiger partial charge in [-0.15, -0.1) is 0 Å². The van der Waals surface area contributed by atoms with Gasteiger partial charge < -0.3 is 14.8 Å². The minimum atomic E-state index is -0.502. The predicted molar refractivity (Wildman–Crippen MR) is 134 cm³/mol. The summed E-state index contributed by atoms with van der Waals surface area (Å²) in [5.74, 6) is 0.130. The second kappa shape index (κ2) is 11.5. The molecule has 1 amide bonds. The molecule has 0 aromatic heterocycles. The van der Waals surface area contributed by atoms with E-state index in [4.69, 9.17) is 9.47 Å². The number of nitrogens with one attached hydrogen (secondary N) is 1. The molecule has 5 nitrogen and oxygen atoms in total. The minimum Gasteiger partial charge on any atom is -0.490 e. The van der Waals surface area contributed by atoms with Crippen LogP contribution in [-0.4, -0.2) is 12.5 Å². The summed E-state index contributed by atoms with van der Waals surface area (Å²) in [6.07, 6.45) is 1.50. The lowest BCUT2D eigenvalue weighted by atomic mass is 10.1. The standard InChI is InChI=1S/C27H24BrFN2O3/c1-4-33-25-13-20(23(28)14-26(25)34-16-19-7-9-22(29)10-8-19)12-21(15-30)27(32)31-24-11-17(2)5-6-18(24)3/h5-14H,4,16H2,1-3H3,(H,31,32)/b21-12+. The van der Waals surface area contributed by atoms with Gasteiger partial charge >= 0.3 is 0 Å². The van der Waals surface area contributed by atoms with E-state index in [1.165, 1.54) is 18.2 Å². The molecule has 0 aliphatic carbocycles. The number of halogens is 2. The first-order valence-electron chi connectivity index (χ1n) is 10.6. The van der Waals surface area contributed by atoms with Crippen LogP contribution in [-0.2, 0) is 11.4 Å². The molecule has 0 fully saturated rings. The summed E-state index contributed by atoms with van der Waals surface area (Å²) in [5, 5.41) is 12.4. The number of nitriles is 1. The molecule has 0 heterocycles. The monoisotopic (exact) mass is 522 g/mol. The van der Waals surface area contributed by atoms with Gasteiger partial charge in [0.1, 0.15) is 24.1 Å². The van der Waals surface area contributed by atoms with E-state index >= 15 is 0 Å². The molecule has 0 unspecified atom stereocenters. The molecule has 3 aromatic carbocycles. The van der Waals surface area contributed by atoms with Crippen molar-refractivity contribution >= 4 is 33.6 Å². The highest BCUT2D eigenvalue weighted by molar-refractivity contribution is 9.10. The third-order valence-corrected chi connectivity index (χ3v) is 5.66. The molecule has 7 heteroatoms. The zero-order chi connectivity index (χ0) is 24.7. The van der Waals surface area contributed by atoms with Crippen molar-refractivity contribution in [3.05, 3.63) is 92.7 Å². The van der Waals surface area contributed by atoms with Crippen LogP contribution in [0.15, 0.2) is 64.6 Å². The molecule has 0 atom stereocenters. The van der Waals surface area contributed by atoms with Crippen LogP contribution < -0.4 is 14.8 Å². The van der Waals surface area contributed by atoms with Gasteiger partial charge in [0.15, 0.2) is 11.5 Å². The number of aryl methyl sites for hydroxylation is 2. The van der Waals surface area contributed by atoms with E-state index < -0.39 is 5.91 Å². The van der Waals surface area contributed by atoms with E-state index in [1.54, 1.807) is 24.3 Å². The van der Waals surface area contributed by atoms with Gasteiger partial charge in [-0.25, -0.2) is 4.39 Å². The van der Waals surface area contributed by atoms with Gasteiger partial charge in [-0.3, -0.25) is 4.79 Å². The summed E-state index contributed by atoms with van der Waals surface area (Å²) >= 11 is 3.49. The van der Waals surface area contributed by atoms with Crippen molar-refractivity contribution in [3.8, 4) is 17.6 Å². The second-order valence-electron chi connectivity index (χ2n) is 7.61. The summed E-state index contributed by atoms with van der Waals surface area (Å²) in [4.78, 5) is 12.8. The summed E-state index contributed by atoms with van der Waals surface area (Å²) in [5.41, 5.74) is 3.90. The molecular formula is C27H24BrFN2O3. The van der Waals surface area contributed by atoms with E-state index in [-0.39, 0.29) is 18.0 Å². The van der Waals surface area contributed by atoms with E-state index in [9.17, 15) is 14.4 Å². The maximum atomic E-state index is 13.1. The van der Waals surface area contributed by atoms with Crippen molar-refractivity contribution in [3.63, 3.8) is 0 Å². The van der Waals surface area contributed by atoms with Crippen molar-refractivity contribution in [2.24, 2.45) is 0 Å². The number of nitrogens with zero attached hydrogens (tertiary/aromatic N) is 1. The van der Waals surface area contributed by atoms with Crippen LogP contribution in [0.5, 0.6) is 11.5 Å². The summed E-state index contributed by atoms with van der Waals surface area (Å²) in [6, 6.07) is 17.2. The van der Waals surface area contributed by atoms with Gasteiger partial charge in [-0.2, -0.15) is 5.26 Å². The Bertz CT molecular complexity index is 1260. The first-order chi connectivity index (χ1) is 16.3. The van der Waals surface area contributed by atoms with Gasteiger partial charge in [0, 0.05) is 10.2 Å². The number of carbonyl (C=O) groups excluding carboxylic acids is 1. The van der Waals surface area contributed by atoms with Gasteiger partial charge in [0.2, 0.25) is 0 Å². The molecule has 0 radical (unpaired) electrons. The molecule has 174 valence electrons. The lowest BCUT2D eigenvalue weighted by Crippen LogP contribution is -2.14. The Labute approximate surface area is 207 Å². The Hall–Kier alpha value is -3.63. The van der Waals surface area contributed by atoms with Gasteiger partial charge in [0.05, 0.1) is 6.61 Å². The first-order valence-corrected chi connectivity index (χ1v) is 11.4. The van der Waals surface area contributed by atoms with E-state index in [2.05, 4.69) is 21.2 Å². The fourth-order valence-corrected chi connectivity index (χ4v) is 3.59. The second-order valence-corrected chi connectivity index (χ2v) is 8.47. The fourth-order valence-electron chi connectivity index (χ4n) is 3.15. The zero-order valence-corrected chi connectivity index (χ0v) is 20.7. The number of ether oxygens (including phenoxy) is 2. The molecule has 0 aliphatic heterocycles. The molecule has 0 bridgehead atoms. The molecular weight excluding hydrogens is 499 g/mol. The molecule has 34 heavy (non-hydrogen) atoms. The molecule has 3 rings (SSSR count). The van der Waals surface area contributed by atoms with Crippen LogP contribution >= 0.6 is 15.9 Å². The highest BCUT2D eigenvalue weighted by Crippen LogP contribution is 2.35. The maximum absolute atomic E-state index is 13.1. The number of anilines is 1. The summed E-state index contributed by atoms with van der Waals surface area (Å²) in [7, 11) is 0. The predicted octanol–water partition coefficient (Wildman–Crippen LogP) is 6.73. The average molecular weight is 523 g/mol. The molecule has 0 aliphatic rings. The SMILES string of the molecule is CCOc1cc(/C=C(\C#N)C(=O)Nc2cc(C)ccc2C)c(Br)cc1OCc1ccc(F)cc1. The van der Waals surface area contributed by atoms with Crippen LogP contribution in [0.4, 0.5) is 10.1 Å². The maximum Gasteiger partial charge on any atom is 0.266 e. The normalized spacial score (nSPS) is 11.0. The molecule has 0 spiro atoms. The lowest BCUT2D eigenvalue weighted by molar-refractivity contribution is -0.112. The molecule has 0 saturated heterocycles. The van der Waals surface area contributed by atoms with Crippen molar-refractivity contribution in [1.29, 1.82) is 5.26 Å². The van der Waals surface area contributed by atoms with Crippen LogP contribution in [0.25, 0.3) is 6.08 Å². The van der Waals surface area contributed by atoms with Crippen molar-refractivity contribution in [2.45, 2.75) is 27.4 Å². The van der Waals surface area contributed by atoms with E-state index in [1.807, 2.05) is 45.0 Å². The van der Waals surface area contributed by atoms with Crippen LogP contribution in [0, 0.1) is 31.0 Å². The van der Waals surface area contributed by atoms with Crippen LogP contribution in [0.1, 0.15) is 29.2 Å². The number of amides is 1. The Morgan fingerprint density at radius 2 is 1.79 bits per heavy atom. The van der Waals surface area contributed by atoms with Gasteiger partial charge in [0.25, 0.3) is 5.91 Å². The van der Waals surface area contributed by atoms with E-state index in [0.717, 1.165) is 16.7 Å². The highest BCUT2D eigenvalue weighted by Gasteiger charge is 2.15. The van der Waals surface area contributed by atoms with Gasteiger partial charge in [-0.05, 0) is 79.4 Å². The Morgan fingerprint density at radius 3 is 2.47 bits per heavy atom. The van der Waals surface area contributed by atoms with Crippen molar-refractivity contribution in [2.75, 3.05) is 11.9 Å².